The minimum Gasteiger partial charge on any atom is -0.494 e. The topological polar surface area (TPSA) is 93.9 Å². The molecule has 0 saturated carbocycles. The van der Waals surface area contributed by atoms with Crippen LogP contribution in [0.2, 0.25) is 0 Å². The van der Waals surface area contributed by atoms with Crippen molar-refractivity contribution >= 4 is 23.2 Å². The smallest absolute Gasteiger partial charge is 0.277 e. The highest BCUT2D eigenvalue weighted by Crippen LogP contribution is 2.34. The Balaban J connectivity index is 1.50. The summed E-state index contributed by atoms with van der Waals surface area (Å²) in [5, 5.41) is 6.65. The molecule has 4 rings (SSSR count). The molecule has 0 aliphatic carbocycles. The summed E-state index contributed by atoms with van der Waals surface area (Å²) in [6.45, 7) is 4.92. The summed E-state index contributed by atoms with van der Waals surface area (Å²) in [6, 6.07) is 14.1. The normalized spacial score (nSPS) is 12.9. The first-order valence-corrected chi connectivity index (χ1v) is 9.67. The van der Waals surface area contributed by atoms with Crippen molar-refractivity contribution in [3.8, 4) is 22.8 Å². The van der Waals surface area contributed by atoms with Crippen LogP contribution in [0.1, 0.15) is 24.3 Å². The van der Waals surface area contributed by atoms with E-state index < -0.39 is 5.91 Å². The molecule has 2 amide bonds. The molecule has 0 unspecified atom stereocenters. The van der Waals surface area contributed by atoms with E-state index in [1.165, 1.54) is 0 Å². The summed E-state index contributed by atoms with van der Waals surface area (Å²) < 4.78 is 16.2. The number of aromatic nitrogens is 1. The SMILES string of the molecule is CCOc1ccc(-c2cc(C(=O)Nc3ccc4c(c3)N(CC)C(=O)CO4)no2)cc1. The van der Waals surface area contributed by atoms with Crippen LogP contribution < -0.4 is 19.7 Å². The Morgan fingerprint density at radius 3 is 2.70 bits per heavy atom. The van der Waals surface area contributed by atoms with E-state index in [9.17, 15) is 9.59 Å². The fourth-order valence-electron chi connectivity index (χ4n) is 3.22. The van der Waals surface area contributed by atoms with E-state index in [4.69, 9.17) is 14.0 Å². The number of hydrogen-bond donors (Lipinski definition) is 1. The number of anilines is 2. The van der Waals surface area contributed by atoms with E-state index in [2.05, 4.69) is 10.5 Å². The highest BCUT2D eigenvalue weighted by molar-refractivity contribution is 6.04. The average Bonchev–Trinajstić information content (AvgIpc) is 3.25. The zero-order valence-corrected chi connectivity index (χ0v) is 16.7. The van der Waals surface area contributed by atoms with Gasteiger partial charge in [-0.25, -0.2) is 0 Å². The fourth-order valence-corrected chi connectivity index (χ4v) is 3.22. The van der Waals surface area contributed by atoms with Gasteiger partial charge in [0.2, 0.25) is 0 Å². The van der Waals surface area contributed by atoms with Crippen LogP contribution in [0, 0.1) is 0 Å². The lowest BCUT2D eigenvalue weighted by molar-refractivity contribution is -0.121. The van der Waals surface area contributed by atoms with Crippen molar-refractivity contribution in [3.05, 3.63) is 54.2 Å². The quantitative estimate of drug-likeness (QED) is 0.669. The molecule has 0 spiro atoms. The number of ether oxygens (including phenoxy) is 2. The molecule has 0 atom stereocenters. The lowest BCUT2D eigenvalue weighted by atomic mass is 10.1. The zero-order chi connectivity index (χ0) is 21.1. The van der Waals surface area contributed by atoms with Crippen molar-refractivity contribution in [2.45, 2.75) is 13.8 Å². The zero-order valence-electron chi connectivity index (χ0n) is 16.7. The lowest BCUT2D eigenvalue weighted by Gasteiger charge is -2.28. The van der Waals surface area contributed by atoms with Gasteiger partial charge in [-0.2, -0.15) is 0 Å². The molecule has 0 bridgehead atoms. The fraction of sp³-hybridized carbons (Fsp3) is 0.227. The van der Waals surface area contributed by atoms with Gasteiger partial charge in [-0.15, -0.1) is 0 Å². The van der Waals surface area contributed by atoms with Gasteiger partial charge in [0.05, 0.1) is 12.3 Å². The predicted molar refractivity (Wildman–Crippen MR) is 111 cm³/mol. The van der Waals surface area contributed by atoms with Gasteiger partial charge in [-0.3, -0.25) is 9.59 Å². The molecule has 0 fully saturated rings. The standard InChI is InChI=1S/C22H21N3O5/c1-3-25-18-11-15(7-10-19(18)29-13-21(25)26)23-22(27)17-12-20(30-24-17)14-5-8-16(9-6-14)28-4-2/h5-12H,3-4,13H2,1-2H3,(H,23,27). The van der Waals surface area contributed by atoms with Gasteiger partial charge in [0.25, 0.3) is 11.8 Å². The third kappa shape index (κ3) is 3.84. The van der Waals surface area contributed by atoms with Gasteiger partial charge in [0, 0.05) is 23.9 Å². The largest absolute Gasteiger partial charge is 0.494 e. The number of amides is 2. The number of fused-ring (bicyclic) bond motifs is 1. The van der Waals surface area contributed by atoms with Gasteiger partial charge in [-0.05, 0) is 56.3 Å². The summed E-state index contributed by atoms with van der Waals surface area (Å²) in [5.74, 6) is 1.31. The second-order valence-electron chi connectivity index (χ2n) is 6.60. The third-order valence-electron chi connectivity index (χ3n) is 4.67. The molecule has 2 heterocycles. The second-order valence-corrected chi connectivity index (χ2v) is 6.60. The number of carbonyl (C=O) groups is 2. The van der Waals surface area contributed by atoms with E-state index in [0.717, 1.165) is 11.3 Å². The highest BCUT2D eigenvalue weighted by atomic mass is 16.5. The molecule has 1 aliphatic rings. The van der Waals surface area contributed by atoms with Crippen molar-refractivity contribution in [2.75, 3.05) is 30.0 Å². The van der Waals surface area contributed by atoms with Gasteiger partial charge >= 0.3 is 0 Å². The summed E-state index contributed by atoms with van der Waals surface area (Å²) in [6.07, 6.45) is 0. The number of carbonyl (C=O) groups excluding carboxylic acids is 2. The Hall–Kier alpha value is -3.81. The maximum absolute atomic E-state index is 12.6. The minimum absolute atomic E-state index is 0.0137. The van der Waals surface area contributed by atoms with Crippen LogP contribution in [0.3, 0.4) is 0 Å². The van der Waals surface area contributed by atoms with Crippen molar-refractivity contribution in [3.63, 3.8) is 0 Å². The Bertz CT molecular complexity index is 1070. The molecule has 8 nitrogen and oxygen atoms in total. The van der Waals surface area contributed by atoms with Gasteiger partial charge in [-0.1, -0.05) is 5.16 Å². The molecule has 1 aliphatic heterocycles. The first kappa shape index (κ1) is 19.5. The molecule has 1 aromatic heterocycles. The maximum Gasteiger partial charge on any atom is 0.277 e. The molecule has 2 aromatic carbocycles. The Kier molecular flexibility index (Phi) is 5.38. The van der Waals surface area contributed by atoms with E-state index in [1.54, 1.807) is 29.2 Å². The molecule has 154 valence electrons. The Morgan fingerprint density at radius 1 is 1.17 bits per heavy atom. The molecule has 30 heavy (non-hydrogen) atoms. The van der Waals surface area contributed by atoms with E-state index in [-0.39, 0.29) is 18.2 Å². The molecule has 0 saturated heterocycles. The van der Waals surface area contributed by atoms with Crippen molar-refractivity contribution in [2.24, 2.45) is 0 Å². The van der Waals surface area contributed by atoms with Crippen molar-refractivity contribution in [1.29, 1.82) is 0 Å². The van der Waals surface area contributed by atoms with Gasteiger partial charge in [0.1, 0.15) is 11.5 Å². The summed E-state index contributed by atoms with van der Waals surface area (Å²) in [4.78, 5) is 26.3. The number of rotatable bonds is 6. The highest BCUT2D eigenvalue weighted by Gasteiger charge is 2.25. The van der Waals surface area contributed by atoms with Crippen LogP contribution >= 0.6 is 0 Å². The van der Waals surface area contributed by atoms with E-state index >= 15 is 0 Å². The monoisotopic (exact) mass is 407 g/mol. The third-order valence-corrected chi connectivity index (χ3v) is 4.67. The van der Waals surface area contributed by atoms with Crippen LogP contribution in [0.15, 0.2) is 53.1 Å². The van der Waals surface area contributed by atoms with Crippen LogP contribution in [0.5, 0.6) is 11.5 Å². The molecule has 1 N–H and O–H groups in total. The van der Waals surface area contributed by atoms with E-state index in [0.29, 0.717) is 36.0 Å². The summed E-state index contributed by atoms with van der Waals surface area (Å²) >= 11 is 0. The summed E-state index contributed by atoms with van der Waals surface area (Å²) in [7, 11) is 0. The molecule has 3 aromatic rings. The molecule has 8 heteroatoms. The van der Waals surface area contributed by atoms with Gasteiger partial charge in [0.15, 0.2) is 18.1 Å². The van der Waals surface area contributed by atoms with Crippen molar-refractivity contribution in [1.82, 2.24) is 5.16 Å². The number of hydrogen-bond acceptors (Lipinski definition) is 6. The first-order valence-electron chi connectivity index (χ1n) is 9.67. The number of benzene rings is 2. The number of nitrogens with one attached hydrogen (secondary N) is 1. The van der Waals surface area contributed by atoms with E-state index in [1.807, 2.05) is 38.1 Å². The molecular formula is C22H21N3O5. The number of nitrogens with zero attached hydrogens (tertiary/aromatic N) is 2. The predicted octanol–water partition coefficient (Wildman–Crippen LogP) is 3.74. The maximum atomic E-state index is 12.6. The van der Waals surface area contributed by atoms with Crippen LogP contribution in [0.4, 0.5) is 11.4 Å². The van der Waals surface area contributed by atoms with Crippen molar-refractivity contribution < 1.29 is 23.6 Å². The summed E-state index contributed by atoms with van der Waals surface area (Å²) in [5.41, 5.74) is 2.09. The van der Waals surface area contributed by atoms with Gasteiger partial charge < -0.3 is 24.2 Å². The minimum atomic E-state index is -0.415. The Labute approximate surface area is 173 Å². The average molecular weight is 407 g/mol. The second kappa shape index (κ2) is 8.28. The Morgan fingerprint density at radius 2 is 1.97 bits per heavy atom. The lowest BCUT2D eigenvalue weighted by Crippen LogP contribution is -2.38. The molecular weight excluding hydrogens is 386 g/mol. The molecule has 0 radical (unpaired) electrons. The first-order chi connectivity index (χ1) is 14.6. The van der Waals surface area contributed by atoms with Crippen LogP contribution in [-0.4, -0.2) is 36.7 Å². The van der Waals surface area contributed by atoms with Crippen LogP contribution in [-0.2, 0) is 4.79 Å². The number of likely N-dealkylation sites (N-methyl/N-ethyl adjacent to an activating group) is 1. The van der Waals surface area contributed by atoms with Crippen LogP contribution in [0.25, 0.3) is 11.3 Å².